The van der Waals surface area contributed by atoms with Gasteiger partial charge in [-0.1, -0.05) is 72.8 Å². The molecule has 212 valence electrons. The molecule has 0 spiro atoms. The third kappa shape index (κ3) is 6.89. The van der Waals surface area contributed by atoms with E-state index in [1.165, 1.54) is 12.1 Å². The number of carbonyl (C=O) groups excluding carboxylic acids is 4. The van der Waals surface area contributed by atoms with E-state index in [0.29, 0.717) is 0 Å². The van der Waals surface area contributed by atoms with Gasteiger partial charge in [0.2, 0.25) is 12.4 Å². The van der Waals surface area contributed by atoms with E-state index in [1.54, 1.807) is 109 Å². The number of rotatable bonds is 8. The average Bonchev–Trinajstić information content (AvgIpc) is 3.05. The van der Waals surface area contributed by atoms with Crippen LogP contribution in [0.2, 0.25) is 0 Å². The first-order valence-corrected chi connectivity index (χ1v) is 13.2. The third-order valence-electron chi connectivity index (χ3n) is 6.39. The summed E-state index contributed by atoms with van der Waals surface area (Å²) in [5.41, 5.74) is 0.885. The Morgan fingerprint density at radius 1 is 0.452 bits per heavy atom. The molecule has 4 atom stereocenters. The van der Waals surface area contributed by atoms with Crippen molar-refractivity contribution in [3.8, 4) is 0 Å². The zero-order valence-corrected chi connectivity index (χ0v) is 22.2. The zero-order chi connectivity index (χ0) is 29.3. The van der Waals surface area contributed by atoms with Crippen LogP contribution in [-0.2, 0) is 23.7 Å². The quantitative estimate of drug-likeness (QED) is 0.218. The van der Waals surface area contributed by atoms with Gasteiger partial charge in [-0.15, -0.1) is 0 Å². The van der Waals surface area contributed by atoms with Gasteiger partial charge in [-0.2, -0.15) is 0 Å². The second kappa shape index (κ2) is 13.4. The number of ether oxygens (including phenoxy) is 5. The predicted molar refractivity (Wildman–Crippen MR) is 149 cm³/mol. The Morgan fingerprint density at radius 3 is 1.19 bits per heavy atom. The molecule has 1 aliphatic heterocycles. The van der Waals surface area contributed by atoms with Gasteiger partial charge in [0.05, 0.1) is 28.9 Å². The highest BCUT2D eigenvalue weighted by atomic mass is 16.7. The van der Waals surface area contributed by atoms with Crippen LogP contribution in [0.5, 0.6) is 0 Å². The lowest BCUT2D eigenvalue weighted by atomic mass is 10.0. The third-order valence-corrected chi connectivity index (χ3v) is 6.39. The number of esters is 4. The van der Waals surface area contributed by atoms with Gasteiger partial charge >= 0.3 is 23.9 Å². The Balaban J connectivity index is 1.48. The molecule has 1 heterocycles. The Morgan fingerprint density at radius 2 is 0.786 bits per heavy atom. The van der Waals surface area contributed by atoms with Crippen molar-refractivity contribution in [1.29, 1.82) is 0 Å². The number of hydrogen-bond acceptors (Lipinski definition) is 9. The summed E-state index contributed by atoms with van der Waals surface area (Å²) in [4.78, 5) is 52.4. The summed E-state index contributed by atoms with van der Waals surface area (Å²) in [5.74, 6) is -3.02. The fourth-order valence-corrected chi connectivity index (χ4v) is 4.27. The monoisotopic (exact) mass is 566 g/mol. The van der Waals surface area contributed by atoms with Crippen molar-refractivity contribution in [3.63, 3.8) is 0 Å². The summed E-state index contributed by atoms with van der Waals surface area (Å²) in [6.45, 7) is -0.322. The van der Waals surface area contributed by atoms with Gasteiger partial charge in [0.25, 0.3) is 0 Å². The summed E-state index contributed by atoms with van der Waals surface area (Å²) in [6.07, 6.45) is -5.61. The van der Waals surface area contributed by atoms with Gasteiger partial charge in [0, 0.05) is 0 Å². The molecule has 1 fully saturated rings. The van der Waals surface area contributed by atoms with E-state index < -0.39 is 48.5 Å². The molecule has 1 unspecified atom stereocenters. The fraction of sp³-hybridized carbons (Fsp3) is 0.152. The van der Waals surface area contributed by atoms with Gasteiger partial charge in [-0.25, -0.2) is 19.2 Å². The summed E-state index contributed by atoms with van der Waals surface area (Å²) in [7, 11) is 0. The number of hydrogen-bond donors (Lipinski definition) is 0. The maximum Gasteiger partial charge on any atom is 0.340 e. The molecular formula is C33H26O9. The van der Waals surface area contributed by atoms with Crippen molar-refractivity contribution < 1.29 is 42.9 Å². The van der Waals surface area contributed by atoms with Crippen molar-refractivity contribution in [2.24, 2.45) is 0 Å². The predicted octanol–water partition coefficient (Wildman–Crippen LogP) is 4.88. The maximum absolute atomic E-state index is 13.2. The fourth-order valence-electron chi connectivity index (χ4n) is 4.27. The van der Waals surface area contributed by atoms with Gasteiger partial charge < -0.3 is 23.7 Å². The minimum atomic E-state index is -1.50. The highest BCUT2D eigenvalue weighted by Crippen LogP contribution is 2.28. The molecule has 9 heteroatoms. The molecule has 0 amide bonds. The van der Waals surface area contributed by atoms with Crippen LogP contribution in [0.4, 0.5) is 0 Å². The van der Waals surface area contributed by atoms with Crippen LogP contribution in [0.25, 0.3) is 0 Å². The molecule has 0 saturated carbocycles. The van der Waals surface area contributed by atoms with Crippen LogP contribution in [-0.4, -0.2) is 55.1 Å². The zero-order valence-electron chi connectivity index (χ0n) is 22.2. The Kier molecular flexibility index (Phi) is 9.00. The largest absolute Gasteiger partial charge is 0.452 e. The number of carbonyl (C=O) groups is 4. The Hall–Kier alpha value is -5.28. The molecule has 0 aliphatic carbocycles. The SMILES string of the molecule is O=C(OC1OC[C@@H](OC(=O)c2ccccc2)[C@H](OC(=O)c2ccccc2)[C@H]1OC(=O)c1ccccc1)c1ccccc1. The molecule has 5 rings (SSSR count). The van der Waals surface area contributed by atoms with E-state index >= 15 is 0 Å². The molecule has 4 aromatic carbocycles. The molecule has 1 saturated heterocycles. The second-order valence-corrected chi connectivity index (χ2v) is 9.25. The van der Waals surface area contributed by atoms with Crippen molar-refractivity contribution in [1.82, 2.24) is 0 Å². The first-order valence-electron chi connectivity index (χ1n) is 13.2. The highest BCUT2D eigenvalue weighted by molar-refractivity contribution is 5.91. The van der Waals surface area contributed by atoms with Crippen LogP contribution < -0.4 is 0 Å². The van der Waals surface area contributed by atoms with E-state index in [1.807, 2.05) is 0 Å². The van der Waals surface area contributed by atoms with E-state index in [9.17, 15) is 19.2 Å². The molecule has 1 aliphatic rings. The molecule has 0 bridgehead atoms. The van der Waals surface area contributed by atoms with Crippen LogP contribution >= 0.6 is 0 Å². The lowest BCUT2D eigenvalue weighted by Crippen LogP contribution is -2.58. The van der Waals surface area contributed by atoms with Crippen LogP contribution in [0.1, 0.15) is 41.4 Å². The molecule has 0 radical (unpaired) electrons. The lowest BCUT2D eigenvalue weighted by Gasteiger charge is -2.40. The van der Waals surface area contributed by atoms with Gasteiger partial charge in [0.1, 0.15) is 0 Å². The van der Waals surface area contributed by atoms with E-state index in [-0.39, 0.29) is 28.9 Å². The summed E-state index contributed by atoms with van der Waals surface area (Å²) in [5, 5.41) is 0. The average molecular weight is 567 g/mol. The molecule has 9 nitrogen and oxygen atoms in total. The van der Waals surface area contributed by atoms with Crippen molar-refractivity contribution in [2.75, 3.05) is 6.61 Å². The first kappa shape index (κ1) is 28.3. The Labute approximate surface area is 241 Å². The highest BCUT2D eigenvalue weighted by Gasteiger charge is 2.50. The van der Waals surface area contributed by atoms with Crippen molar-refractivity contribution >= 4 is 23.9 Å². The van der Waals surface area contributed by atoms with E-state index in [2.05, 4.69) is 0 Å². The normalized spacial score (nSPS) is 19.6. The molecule has 0 N–H and O–H groups in total. The lowest BCUT2D eigenvalue weighted by molar-refractivity contribution is -0.250. The molecule has 4 aromatic rings. The van der Waals surface area contributed by atoms with Gasteiger partial charge in [0.15, 0.2) is 12.2 Å². The van der Waals surface area contributed by atoms with Crippen molar-refractivity contribution in [3.05, 3.63) is 144 Å². The second-order valence-electron chi connectivity index (χ2n) is 9.25. The molecule has 42 heavy (non-hydrogen) atoms. The minimum absolute atomic E-state index is 0.196. The summed E-state index contributed by atoms with van der Waals surface area (Å²) >= 11 is 0. The van der Waals surface area contributed by atoms with E-state index in [0.717, 1.165) is 0 Å². The van der Waals surface area contributed by atoms with Gasteiger partial charge in [-0.3, -0.25) is 0 Å². The minimum Gasteiger partial charge on any atom is -0.452 e. The summed E-state index contributed by atoms with van der Waals surface area (Å²) < 4.78 is 28.7. The number of benzene rings is 4. The smallest absolute Gasteiger partial charge is 0.340 e. The molecular weight excluding hydrogens is 540 g/mol. The van der Waals surface area contributed by atoms with Crippen LogP contribution in [0, 0.1) is 0 Å². The first-order chi connectivity index (χ1) is 20.5. The van der Waals surface area contributed by atoms with Gasteiger partial charge in [-0.05, 0) is 48.5 Å². The van der Waals surface area contributed by atoms with Crippen molar-refractivity contribution in [2.45, 2.75) is 24.6 Å². The van der Waals surface area contributed by atoms with Crippen LogP contribution in [0.3, 0.4) is 0 Å². The maximum atomic E-state index is 13.2. The Bertz CT molecular complexity index is 1390. The molecule has 0 aromatic heterocycles. The van der Waals surface area contributed by atoms with Crippen LogP contribution in [0.15, 0.2) is 121 Å². The summed E-state index contributed by atoms with van der Waals surface area (Å²) in [6, 6.07) is 32.6. The topological polar surface area (TPSA) is 114 Å². The standard InChI is InChI=1S/C33H26O9/c34-29(22-13-5-1-6-14-22)39-26-21-38-33(42-32(37)25-19-11-4-12-20-25)28(41-31(36)24-17-9-3-10-18-24)27(26)40-30(35)23-15-7-2-8-16-23/h1-20,26-28,33H,21H2/t26-,27+,28-,33?/m1/s1. The van der Waals surface area contributed by atoms with E-state index in [4.69, 9.17) is 23.7 Å².